The predicted octanol–water partition coefficient (Wildman–Crippen LogP) is 3.74. The number of carboxylic acids is 1. The molecular formula is C22H22N4O5S. The highest BCUT2D eigenvalue weighted by atomic mass is 32.2. The summed E-state index contributed by atoms with van der Waals surface area (Å²) in [5.41, 5.74) is 2.66. The fourth-order valence-corrected chi connectivity index (χ4v) is 4.30. The summed E-state index contributed by atoms with van der Waals surface area (Å²) >= 11 is 1.48. The van der Waals surface area contributed by atoms with Crippen LogP contribution in [0.2, 0.25) is 0 Å². The molecule has 9 nitrogen and oxygen atoms in total. The molecular weight excluding hydrogens is 432 g/mol. The van der Waals surface area contributed by atoms with E-state index in [1.54, 1.807) is 23.6 Å². The average Bonchev–Trinajstić information content (AvgIpc) is 3.35. The molecule has 0 amide bonds. The van der Waals surface area contributed by atoms with Crippen molar-refractivity contribution in [1.82, 2.24) is 19.7 Å². The van der Waals surface area contributed by atoms with Gasteiger partial charge in [0.1, 0.15) is 6.54 Å². The van der Waals surface area contributed by atoms with Crippen LogP contribution in [0.4, 0.5) is 0 Å². The fourth-order valence-electron chi connectivity index (χ4n) is 3.37. The number of imidazole rings is 1. The average molecular weight is 455 g/mol. The zero-order valence-corrected chi connectivity index (χ0v) is 18.2. The number of thioether (sulfide) groups is 1. The molecule has 2 heterocycles. The SMILES string of the molecule is CCOC(=O)c1cccc2[nH]nc(OCCCSc3nc4ccccc4n3CC(=O)O)c12. The van der Waals surface area contributed by atoms with Gasteiger partial charge in [-0.25, -0.2) is 9.78 Å². The Morgan fingerprint density at radius 1 is 1.19 bits per heavy atom. The number of benzene rings is 2. The van der Waals surface area contributed by atoms with Crippen molar-refractivity contribution in [2.75, 3.05) is 19.0 Å². The van der Waals surface area contributed by atoms with E-state index in [1.165, 1.54) is 11.8 Å². The molecule has 0 spiro atoms. The van der Waals surface area contributed by atoms with E-state index in [-0.39, 0.29) is 13.2 Å². The quantitative estimate of drug-likeness (QED) is 0.211. The van der Waals surface area contributed by atoms with Crippen molar-refractivity contribution in [3.8, 4) is 5.88 Å². The van der Waals surface area contributed by atoms with Gasteiger partial charge in [-0.05, 0) is 37.6 Å². The van der Waals surface area contributed by atoms with Crippen molar-refractivity contribution in [2.24, 2.45) is 0 Å². The molecule has 4 rings (SSSR count). The minimum atomic E-state index is -0.916. The molecule has 0 unspecified atom stereocenters. The Morgan fingerprint density at radius 3 is 2.84 bits per heavy atom. The van der Waals surface area contributed by atoms with E-state index in [1.807, 2.05) is 30.3 Å². The molecule has 166 valence electrons. The largest absolute Gasteiger partial charge is 0.480 e. The van der Waals surface area contributed by atoms with E-state index < -0.39 is 11.9 Å². The van der Waals surface area contributed by atoms with Gasteiger partial charge in [0.25, 0.3) is 0 Å². The number of hydrogen-bond acceptors (Lipinski definition) is 7. The molecule has 0 radical (unpaired) electrons. The number of fused-ring (bicyclic) bond motifs is 2. The number of para-hydroxylation sites is 2. The highest BCUT2D eigenvalue weighted by Gasteiger charge is 2.18. The van der Waals surface area contributed by atoms with Crippen molar-refractivity contribution in [2.45, 2.75) is 25.0 Å². The monoisotopic (exact) mass is 454 g/mol. The molecule has 0 atom stereocenters. The smallest absolute Gasteiger partial charge is 0.339 e. The number of nitrogens with zero attached hydrogens (tertiary/aromatic N) is 3. The number of esters is 1. The van der Waals surface area contributed by atoms with Crippen LogP contribution in [0.5, 0.6) is 5.88 Å². The lowest BCUT2D eigenvalue weighted by atomic mass is 10.1. The van der Waals surface area contributed by atoms with Crippen LogP contribution < -0.4 is 4.74 Å². The molecule has 0 aliphatic rings. The van der Waals surface area contributed by atoms with E-state index in [4.69, 9.17) is 9.47 Å². The van der Waals surface area contributed by atoms with Gasteiger partial charge in [0.05, 0.1) is 40.7 Å². The van der Waals surface area contributed by atoms with Crippen LogP contribution in [-0.4, -0.2) is 55.8 Å². The van der Waals surface area contributed by atoms with E-state index in [0.29, 0.717) is 46.3 Å². The van der Waals surface area contributed by atoms with E-state index >= 15 is 0 Å². The summed E-state index contributed by atoms with van der Waals surface area (Å²) in [6.07, 6.45) is 0.677. The highest BCUT2D eigenvalue weighted by molar-refractivity contribution is 7.99. The summed E-state index contributed by atoms with van der Waals surface area (Å²) < 4.78 is 12.7. The Kier molecular flexibility index (Phi) is 6.60. The van der Waals surface area contributed by atoms with Gasteiger partial charge in [-0.1, -0.05) is 30.0 Å². The predicted molar refractivity (Wildman–Crippen MR) is 120 cm³/mol. The highest BCUT2D eigenvalue weighted by Crippen LogP contribution is 2.28. The number of aromatic amines is 1. The van der Waals surface area contributed by atoms with Gasteiger partial charge in [0.15, 0.2) is 5.16 Å². The zero-order chi connectivity index (χ0) is 22.5. The normalized spacial score (nSPS) is 11.2. The van der Waals surface area contributed by atoms with Gasteiger partial charge in [0, 0.05) is 5.75 Å². The lowest BCUT2D eigenvalue weighted by Gasteiger charge is -2.07. The lowest BCUT2D eigenvalue weighted by molar-refractivity contribution is -0.137. The number of carbonyl (C=O) groups excluding carboxylic acids is 1. The second-order valence-corrected chi connectivity index (χ2v) is 7.95. The maximum absolute atomic E-state index is 12.3. The number of aromatic nitrogens is 4. The van der Waals surface area contributed by atoms with E-state index in [9.17, 15) is 14.7 Å². The fraction of sp³-hybridized carbons (Fsp3) is 0.273. The summed E-state index contributed by atoms with van der Waals surface area (Å²) in [5.74, 6) is -0.305. The number of hydrogen-bond donors (Lipinski definition) is 2. The van der Waals surface area contributed by atoms with Crippen LogP contribution in [0, 0.1) is 0 Å². The molecule has 2 aromatic carbocycles. The number of nitrogens with one attached hydrogen (secondary N) is 1. The van der Waals surface area contributed by atoms with Gasteiger partial charge in [-0.2, -0.15) is 0 Å². The third kappa shape index (κ3) is 4.54. The summed E-state index contributed by atoms with van der Waals surface area (Å²) in [4.78, 5) is 28.1. The Morgan fingerprint density at radius 2 is 2.03 bits per heavy atom. The summed E-state index contributed by atoms with van der Waals surface area (Å²) in [6.45, 7) is 2.28. The second-order valence-electron chi connectivity index (χ2n) is 6.89. The first-order valence-electron chi connectivity index (χ1n) is 10.2. The number of rotatable bonds is 10. The minimum absolute atomic E-state index is 0.144. The first kappa shape index (κ1) is 21.7. The number of H-pyrrole nitrogens is 1. The Labute approximate surface area is 187 Å². The standard InChI is InChI=1S/C22H22N4O5S/c1-2-30-21(29)14-7-5-9-16-19(14)20(25-24-16)31-11-6-12-32-22-23-15-8-3-4-10-17(15)26(22)13-18(27)28/h3-5,7-10H,2,6,11-13H2,1H3,(H,24,25)(H,27,28). The van der Waals surface area contributed by atoms with E-state index in [0.717, 1.165) is 11.0 Å². The van der Waals surface area contributed by atoms with Crippen molar-refractivity contribution >= 4 is 45.6 Å². The zero-order valence-electron chi connectivity index (χ0n) is 17.4. The molecule has 4 aromatic rings. The Balaban J connectivity index is 1.40. The van der Waals surface area contributed by atoms with Gasteiger partial charge in [0.2, 0.25) is 5.88 Å². The van der Waals surface area contributed by atoms with Crippen molar-refractivity contribution < 1.29 is 24.2 Å². The molecule has 0 fully saturated rings. The molecule has 2 aromatic heterocycles. The van der Waals surface area contributed by atoms with Crippen LogP contribution in [0.25, 0.3) is 21.9 Å². The molecule has 0 saturated carbocycles. The van der Waals surface area contributed by atoms with E-state index in [2.05, 4.69) is 15.2 Å². The molecule has 0 bridgehead atoms. The summed E-state index contributed by atoms with van der Waals surface area (Å²) in [6, 6.07) is 12.7. The van der Waals surface area contributed by atoms with Gasteiger partial charge >= 0.3 is 11.9 Å². The topological polar surface area (TPSA) is 119 Å². The van der Waals surface area contributed by atoms with Crippen molar-refractivity contribution in [3.63, 3.8) is 0 Å². The molecule has 0 aliphatic heterocycles. The van der Waals surface area contributed by atoms with Gasteiger partial charge in [-0.3, -0.25) is 9.89 Å². The van der Waals surface area contributed by atoms with Crippen molar-refractivity contribution in [1.29, 1.82) is 0 Å². The first-order chi connectivity index (χ1) is 15.6. The first-order valence-corrected chi connectivity index (χ1v) is 11.1. The molecule has 0 aliphatic carbocycles. The number of carboxylic acid groups (broad SMARTS) is 1. The third-order valence-electron chi connectivity index (χ3n) is 4.72. The molecule has 0 saturated heterocycles. The van der Waals surface area contributed by atoms with Gasteiger partial charge < -0.3 is 19.1 Å². The Bertz CT molecular complexity index is 1270. The third-order valence-corrected chi connectivity index (χ3v) is 5.79. The summed E-state index contributed by atoms with van der Waals surface area (Å²) in [5, 5.41) is 17.6. The number of carbonyl (C=O) groups is 2. The van der Waals surface area contributed by atoms with Crippen LogP contribution in [0.3, 0.4) is 0 Å². The number of ether oxygens (including phenoxy) is 2. The maximum Gasteiger partial charge on any atom is 0.339 e. The van der Waals surface area contributed by atoms with Crippen molar-refractivity contribution in [3.05, 3.63) is 48.0 Å². The van der Waals surface area contributed by atoms with Gasteiger partial charge in [-0.15, -0.1) is 5.10 Å². The lowest BCUT2D eigenvalue weighted by Crippen LogP contribution is -2.10. The summed E-state index contributed by atoms with van der Waals surface area (Å²) in [7, 11) is 0. The van der Waals surface area contributed by atoms with Crippen LogP contribution in [0.15, 0.2) is 47.6 Å². The van der Waals surface area contributed by atoms with Crippen LogP contribution in [0.1, 0.15) is 23.7 Å². The van der Waals surface area contributed by atoms with Crippen LogP contribution in [-0.2, 0) is 16.1 Å². The minimum Gasteiger partial charge on any atom is -0.480 e. The number of aliphatic carboxylic acids is 1. The molecule has 10 heteroatoms. The second kappa shape index (κ2) is 9.73. The molecule has 2 N–H and O–H groups in total. The van der Waals surface area contributed by atoms with Crippen LogP contribution >= 0.6 is 11.8 Å². The maximum atomic E-state index is 12.3. The Hall–Kier alpha value is -3.53. The molecule has 32 heavy (non-hydrogen) atoms.